The summed E-state index contributed by atoms with van der Waals surface area (Å²) in [4.78, 5) is 12.3. The van der Waals surface area contributed by atoms with Crippen LogP contribution in [-0.2, 0) is 4.79 Å². The smallest absolute Gasteiger partial charge is 0.265 e. The molecule has 0 heterocycles. The van der Waals surface area contributed by atoms with Gasteiger partial charge in [0.25, 0.3) is 5.91 Å². The predicted octanol–water partition coefficient (Wildman–Crippen LogP) is 4.83. The highest BCUT2D eigenvalue weighted by Gasteiger charge is 2.18. The number of nitrogens with one attached hydrogen (secondary N) is 1. The van der Waals surface area contributed by atoms with Gasteiger partial charge < -0.3 is 14.8 Å². The second-order valence-corrected chi connectivity index (χ2v) is 6.32. The van der Waals surface area contributed by atoms with E-state index in [1.54, 1.807) is 32.2 Å². The summed E-state index contributed by atoms with van der Waals surface area (Å²) in [6.07, 6.45) is -0.683. The molecular weight excluding hydrogens is 382 g/mol. The molecule has 0 aliphatic carbocycles. The zero-order valence-electron chi connectivity index (χ0n) is 13.0. The second-order valence-electron chi connectivity index (χ2n) is 5.03. The van der Waals surface area contributed by atoms with Crippen molar-refractivity contribution in [3.8, 4) is 11.5 Å². The third kappa shape index (κ3) is 4.62. The SMILES string of the molecule is COc1ccc(C)cc1NC(=O)C(C)Oc1ccc(Cl)cc1Br. The highest BCUT2D eigenvalue weighted by atomic mass is 79.9. The van der Waals surface area contributed by atoms with Crippen molar-refractivity contribution in [2.24, 2.45) is 0 Å². The van der Waals surface area contributed by atoms with E-state index >= 15 is 0 Å². The molecule has 0 saturated heterocycles. The topological polar surface area (TPSA) is 47.6 Å². The van der Waals surface area contributed by atoms with Gasteiger partial charge in [0.05, 0.1) is 17.3 Å². The van der Waals surface area contributed by atoms with Crippen LogP contribution in [0.1, 0.15) is 12.5 Å². The zero-order chi connectivity index (χ0) is 17.0. The Morgan fingerprint density at radius 2 is 1.91 bits per heavy atom. The number of hydrogen-bond acceptors (Lipinski definition) is 3. The normalized spacial score (nSPS) is 11.7. The molecule has 122 valence electrons. The number of methoxy groups -OCH3 is 1. The molecule has 2 aromatic carbocycles. The summed E-state index contributed by atoms with van der Waals surface area (Å²) in [5.74, 6) is 0.882. The van der Waals surface area contributed by atoms with E-state index in [1.807, 2.05) is 25.1 Å². The molecule has 2 aromatic rings. The molecule has 0 bridgehead atoms. The molecule has 23 heavy (non-hydrogen) atoms. The van der Waals surface area contributed by atoms with Gasteiger partial charge in [0.1, 0.15) is 11.5 Å². The van der Waals surface area contributed by atoms with Crippen LogP contribution in [0.4, 0.5) is 5.69 Å². The van der Waals surface area contributed by atoms with Gasteiger partial charge in [-0.1, -0.05) is 17.7 Å². The standard InChI is InChI=1S/C17H17BrClNO3/c1-10-4-6-16(22-3)14(8-10)20-17(21)11(2)23-15-7-5-12(19)9-13(15)18/h4-9,11H,1-3H3,(H,20,21). The monoisotopic (exact) mass is 397 g/mol. The number of anilines is 1. The minimum Gasteiger partial charge on any atom is -0.495 e. The number of hydrogen-bond donors (Lipinski definition) is 1. The van der Waals surface area contributed by atoms with Crippen LogP contribution < -0.4 is 14.8 Å². The van der Waals surface area contributed by atoms with Crippen LogP contribution in [0.2, 0.25) is 5.02 Å². The van der Waals surface area contributed by atoms with Crippen LogP contribution in [-0.4, -0.2) is 19.1 Å². The third-order valence-corrected chi connectivity index (χ3v) is 4.03. The lowest BCUT2D eigenvalue weighted by atomic mass is 10.2. The molecule has 1 amide bonds. The third-order valence-electron chi connectivity index (χ3n) is 3.18. The minimum absolute atomic E-state index is 0.268. The van der Waals surface area contributed by atoms with E-state index in [2.05, 4.69) is 21.2 Å². The number of benzene rings is 2. The van der Waals surface area contributed by atoms with Gasteiger partial charge in [-0.3, -0.25) is 4.79 Å². The quantitative estimate of drug-likeness (QED) is 0.785. The van der Waals surface area contributed by atoms with Gasteiger partial charge in [-0.15, -0.1) is 0 Å². The van der Waals surface area contributed by atoms with Crippen molar-refractivity contribution in [1.29, 1.82) is 0 Å². The first kappa shape index (κ1) is 17.6. The average molecular weight is 399 g/mol. The number of amides is 1. The molecule has 0 aliphatic heterocycles. The summed E-state index contributed by atoms with van der Waals surface area (Å²) in [6, 6.07) is 10.7. The summed E-state index contributed by atoms with van der Waals surface area (Å²) in [7, 11) is 1.56. The summed E-state index contributed by atoms with van der Waals surface area (Å²) in [5.41, 5.74) is 1.64. The first-order valence-corrected chi connectivity index (χ1v) is 8.15. The van der Waals surface area contributed by atoms with Gasteiger partial charge in [0.2, 0.25) is 0 Å². The average Bonchev–Trinajstić information content (AvgIpc) is 2.50. The zero-order valence-corrected chi connectivity index (χ0v) is 15.4. The van der Waals surface area contributed by atoms with Crippen molar-refractivity contribution in [2.45, 2.75) is 20.0 Å². The Morgan fingerprint density at radius 3 is 2.57 bits per heavy atom. The van der Waals surface area contributed by atoms with E-state index in [0.29, 0.717) is 26.7 Å². The van der Waals surface area contributed by atoms with Crippen molar-refractivity contribution in [3.63, 3.8) is 0 Å². The van der Waals surface area contributed by atoms with Crippen molar-refractivity contribution < 1.29 is 14.3 Å². The number of halogens is 2. The summed E-state index contributed by atoms with van der Waals surface area (Å²) < 4.78 is 11.6. The lowest BCUT2D eigenvalue weighted by Gasteiger charge is -2.17. The predicted molar refractivity (Wildman–Crippen MR) is 95.6 cm³/mol. The Kier molecular flexibility index (Phi) is 5.91. The first-order valence-electron chi connectivity index (χ1n) is 6.98. The lowest BCUT2D eigenvalue weighted by Crippen LogP contribution is -2.30. The Balaban J connectivity index is 2.10. The molecule has 0 spiro atoms. The van der Waals surface area contributed by atoms with E-state index in [9.17, 15) is 4.79 Å². The largest absolute Gasteiger partial charge is 0.495 e. The Morgan fingerprint density at radius 1 is 1.22 bits per heavy atom. The molecular formula is C17H17BrClNO3. The highest BCUT2D eigenvalue weighted by molar-refractivity contribution is 9.10. The van der Waals surface area contributed by atoms with E-state index < -0.39 is 6.10 Å². The fourth-order valence-corrected chi connectivity index (χ4v) is 2.74. The number of carbonyl (C=O) groups excluding carboxylic acids is 1. The fourth-order valence-electron chi connectivity index (χ4n) is 1.97. The van der Waals surface area contributed by atoms with Crippen molar-refractivity contribution in [2.75, 3.05) is 12.4 Å². The van der Waals surface area contributed by atoms with Gasteiger partial charge in [0, 0.05) is 5.02 Å². The molecule has 0 saturated carbocycles. The number of carbonyl (C=O) groups is 1. The van der Waals surface area contributed by atoms with Gasteiger partial charge in [0.15, 0.2) is 6.10 Å². The molecule has 0 aliphatic rings. The molecule has 4 nitrogen and oxygen atoms in total. The number of rotatable bonds is 5. The van der Waals surface area contributed by atoms with Gasteiger partial charge in [-0.05, 0) is 65.7 Å². The molecule has 0 aromatic heterocycles. The Bertz CT molecular complexity index is 721. The molecule has 0 fully saturated rings. The molecule has 2 rings (SSSR count). The second kappa shape index (κ2) is 7.70. The minimum atomic E-state index is -0.683. The first-order chi connectivity index (χ1) is 10.9. The maximum absolute atomic E-state index is 12.3. The van der Waals surface area contributed by atoms with Crippen LogP contribution in [0.5, 0.6) is 11.5 Å². The van der Waals surface area contributed by atoms with Crippen molar-refractivity contribution in [3.05, 3.63) is 51.5 Å². The van der Waals surface area contributed by atoms with Gasteiger partial charge in [-0.25, -0.2) is 0 Å². The molecule has 6 heteroatoms. The van der Waals surface area contributed by atoms with Gasteiger partial charge >= 0.3 is 0 Å². The van der Waals surface area contributed by atoms with Crippen molar-refractivity contribution >= 4 is 39.1 Å². The van der Waals surface area contributed by atoms with Crippen LogP contribution in [0.25, 0.3) is 0 Å². The van der Waals surface area contributed by atoms with Crippen LogP contribution >= 0.6 is 27.5 Å². The fraction of sp³-hybridized carbons (Fsp3) is 0.235. The lowest BCUT2D eigenvalue weighted by molar-refractivity contribution is -0.122. The van der Waals surface area contributed by atoms with E-state index in [-0.39, 0.29) is 5.91 Å². The number of ether oxygens (including phenoxy) is 2. The van der Waals surface area contributed by atoms with Gasteiger partial charge in [-0.2, -0.15) is 0 Å². The summed E-state index contributed by atoms with van der Waals surface area (Å²) >= 11 is 9.26. The van der Waals surface area contributed by atoms with Crippen LogP contribution in [0.3, 0.4) is 0 Å². The molecule has 1 N–H and O–H groups in total. The highest BCUT2D eigenvalue weighted by Crippen LogP contribution is 2.29. The Hall–Kier alpha value is -1.72. The van der Waals surface area contributed by atoms with E-state index in [0.717, 1.165) is 5.56 Å². The number of aryl methyl sites for hydroxylation is 1. The molecule has 0 radical (unpaired) electrons. The summed E-state index contributed by atoms with van der Waals surface area (Å²) in [5, 5.41) is 3.41. The maximum atomic E-state index is 12.3. The maximum Gasteiger partial charge on any atom is 0.265 e. The van der Waals surface area contributed by atoms with E-state index in [1.165, 1.54) is 0 Å². The van der Waals surface area contributed by atoms with Crippen molar-refractivity contribution in [1.82, 2.24) is 0 Å². The molecule has 1 atom stereocenters. The van der Waals surface area contributed by atoms with Crippen LogP contribution in [0, 0.1) is 6.92 Å². The van der Waals surface area contributed by atoms with E-state index in [4.69, 9.17) is 21.1 Å². The molecule has 1 unspecified atom stereocenters. The summed E-state index contributed by atoms with van der Waals surface area (Å²) in [6.45, 7) is 3.62. The van der Waals surface area contributed by atoms with Crippen LogP contribution in [0.15, 0.2) is 40.9 Å². The Labute approximate surface area is 148 Å².